The monoisotopic (exact) mass is 328 g/mol. The van der Waals surface area contributed by atoms with Crippen molar-refractivity contribution in [2.75, 3.05) is 0 Å². The summed E-state index contributed by atoms with van der Waals surface area (Å²) in [5.41, 5.74) is 1.12. The third-order valence-corrected chi connectivity index (χ3v) is 3.39. The van der Waals surface area contributed by atoms with Crippen LogP contribution < -0.4 is 0 Å². The molecule has 0 saturated heterocycles. The molecule has 0 spiro atoms. The summed E-state index contributed by atoms with van der Waals surface area (Å²) in [7, 11) is 0. The molecule has 0 radical (unpaired) electrons. The fourth-order valence-corrected chi connectivity index (χ4v) is 2.51. The van der Waals surface area contributed by atoms with Crippen LogP contribution in [-0.4, -0.2) is 5.78 Å². The van der Waals surface area contributed by atoms with E-state index in [9.17, 15) is 4.79 Å². The van der Waals surface area contributed by atoms with Crippen molar-refractivity contribution in [3.63, 3.8) is 0 Å². The number of ketones is 1. The highest BCUT2D eigenvalue weighted by atomic mass is 79.9. The molecule has 0 fully saturated rings. The molecule has 2 aromatic carbocycles. The van der Waals surface area contributed by atoms with Gasteiger partial charge in [0.25, 0.3) is 0 Å². The third kappa shape index (κ3) is 2.89. The first-order valence-electron chi connectivity index (χ1n) is 4.83. The number of halogens is 3. The number of benzene rings is 2. The standard InChI is InChI=1S/C13H7BrCl2O/c14-12-7-10(16)4-5-11(12)13(17)8-2-1-3-9(15)6-8/h1-7H. The first-order valence-corrected chi connectivity index (χ1v) is 6.38. The van der Waals surface area contributed by atoms with E-state index in [1.165, 1.54) is 0 Å². The first kappa shape index (κ1) is 12.6. The van der Waals surface area contributed by atoms with Crippen LogP contribution in [0.3, 0.4) is 0 Å². The molecule has 86 valence electrons. The Labute approximate surface area is 117 Å². The Balaban J connectivity index is 2.44. The van der Waals surface area contributed by atoms with Gasteiger partial charge in [-0.2, -0.15) is 0 Å². The van der Waals surface area contributed by atoms with Gasteiger partial charge in [-0.05, 0) is 46.3 Å². The highest BCUT2D eigenvalue weighted by Gasteiger charge is 2.12. The van der Waals surface area contributed by atoms with Crippen LogP contribution in [0.5, 0.6) is 0 Å². The van der Waals surface area contributed by atoms with E-state index in [1.54, 1.807) is 42.5 Å². The quantitative estimate of drug-likeness (QED) is 0.709. The molecule has 1 nitrogen and oxygen atoms in total. The Morgan fingerprint density at radius 2 is 1.71 bits per heavy atom. The van der Waals surface area contributed by atoms with Gasteiger partial charge in [-0.25, -0.2) is 0 Å². The zero-order chi connectivity index (χ0) is 12.4. The number of carbonyl (C=O) groups is 1. The Morgan fingerprint density at radius 3 is 2.35 bits per heavy atom. The van der Waals surface area contributed by atoms with Crippen molar-refractivity contribution >= 4 is 44.9 Å². The summed E-state index contributed by atoms with van der Waals surface area (Å²) in [5, 5.41) is 1.13. The van der Waals surface area contributed by atoms with Crippen LogP contribution >= 0.6 is 39.1 Å². The van der Waals surface area contributed by atoms with E-state index in [0.29, 0.717) is 25.6 Å². The maximum Gasteiger partial charge on any atom is 0.194 e. The molecule has 0 amide bonds. The second-order valence-corrected chi connectivity index (χ2v) is 5.19. The lowest BCUT2D eigenvalue weighted by Crippen LogP contribution is -2.02. The van der Waals surface area contributed by atoms with Crippen molar-refractivity contribution < 1.29 is 4.79 Å². The van der Waals surface area contributed by atoms with Gasteiger partial charge in [0.2, 0.25) is 0 Å². The molecule has 0 heterocycles. The van der Waals surface area contributed by atoms with E-state index in [0.717, 1.165) is 0 Å². The van der Waals surface area contributed by atoms with Gasteiger partial charge in [0, 0.05) is 25.6 Å². The van der Waals surface area contributed by atoms with E-state index >= 15 is 0 Å². The Morgan fingerprint density at radius 1 is 1.00 bits per heavy atom. The van der Waals surface area contributed by atoms with E-state index in [2.05, 4.69) is 15.9 Å². The normalized spacial score (nSPS) is 10.3. The van der Waals surface area contributed by atoms with Crippen LogP contribution in [0.1, 0.15) is 15.9 Å². The SMILES string of the molecule is O=C(c1cccc(Cl)c1)c1ccc(Cl)cc1Br. The largest absolute Gasteiger partial charge is 0.289 e. The van der Waals surface area contributed by atoms with Gasteiger partial charge < -0.3 is 0 Å². The Kier molecular flexibility index (Phi) is 3.87. The molecular weight excluding hydrogens is 323 g/mol. The van der Waals surface area contributed by atoms with Gasteiger partial charge in [-0.15, -0.1) is 0 Å². The molecule has 0 N–H and O–H groups in total. The smallest absolute Gasteiger partial charge is 0.194 e. The van der Waals surface area contributed by atoms with E-state index in [1.807, 2.05) is 0 Å². The predicted octanol–water partition coefficient (Wildman–Crippen LogP) is 4.99. The summed E-state index contributed by atoms with van der Waals surface area (Å²) in [6, 6.07) is 11.9. The molecule has 2 rings (SSSR count). The van der Waals surface area contributed by atoms with Crippen molar-refractivity contribution in [2.45, 2.75) is 0 Å². The lowest BCUT2D eigenvalue weighted by Gasteiger charge is -2.04. The summed E-state index contributed by atoms with van der Waals surface area (Å²) in [4.78, 5) is 12.2. The van der Waals surface area contributed by atoms with Gasteiger partial charge >= 0.3 is 0 Å². The summed E-state index contributed by atoms with van der Waals surface area (Å²) >= 11 is 15.0. The summed E-state index contributed by atoms with van der Waals surface area (Å²) in [6.07, 6.45) is 0. The highest BCUT2D eigenvalue weighted by molar-refractivity contribution is 9.10. The molecule has 0 unspecified atom stereocenters. The van der Waals surface area contributed by atoms with Crippen molar-refractivity contribution in [3.05, 3.63) is 68.1 Å². The van der Waals surface area contributed by atoms with Crippen molar-refractivity contribution in [3.8, 4) is 0 Å². The molecule has 2 aromatic rings. The first-order chi connectivity index (χ1) is 8.08. The second-order valence-electron chi connectivity index (χ2n) is 3.46. The molecule has 0 aliphatic rings. The van der Waals surface area contributed by atoms with Crippen molar-refractivity contribution in [2.24, 2.45) is 0 Å². The third-order valence-electron chi connectivity index (χ3n) is 2.26. The summed E-state index contributed by atoms with van der Waals surface area (Å²) in [6.45, 7) is 0. The number of rotatable bonds is 2. The highest BCUT2D eigenvalue weighted by Crippen LogP contribution is 2.24. The second kappa shape index (κ2) is 5.21. The molecule has 0 saturated carbocycles. The molecular formula is C13H7BrCl2O. The van der Waals surface area contributed by atoms with Gasteiger partial charge in [0.1, 0.15) is 0 Å². The zero-order valence-electron chi connectivity index (χ0n) is 8.58. The number of hydrogen-bond acceptors (Lipinski definition) is 1. The maximum atomic E-state index is 12.2. The molecule has 0 aliphatic carbocycles. The summed E-state index contributed by atoms with van der Waals surface area (Å²) in [5.74, 6) is -0.0870. The van der Waals surface area contributed by atoms with Crippen molar-refractivity contribution in [1.82, 2.24) is 0 Å². The molecule has 0 aromatic heterocycles. The summed E-state index contributed by atoms with van der Waals surface area (Å²) < 4.78 is 0.676. The molecule has 17 heavy (non-hydrogen) atoms. The van der Waals surface area contributed by atoms with Gasteiger partial charge in [-0.1, -0.05) is 35.3 Å². The molecule has 0 aliphatic heterocycles. The molecule has 4 heteroatoms. The fourth-order valence-electron chi connectivity index (χ4n) is 1.46. The van der Waals surface area contributed by atoms with Crippen LogP contribution in [0.4, 0.5) is 0 Å². The van der Waals surface area contributed by atoms with Crippen LogP contribution in [0.15, 0.2) is 46.9 Å². The van der Waals surface area contributed by atoms with E-state index < -0.39 is 0 Å². The van der Waals surface area contributed by atoms with Gasteiger partial charge in [-0.3, -0.25) is 4.79 Å². The topological polar surface area (TPSA) is 17.1 Å². The zero-order valence-corrected chi connectivity index (χ0v) is 11.7. The molecule has 0 atom stereocenters. The molecule has 0 bridgehead atoms. The van der Waals surface area contributed by atoms with Crippen molar-refractivity contribution in [1.29, 1.82) is 0 Å². The lowest BCUT2D eigenvalue weighted by molar-refractivity contribution is 0.103. The Hall–Kier alpha value is -0.830. The van der Waals surface area contributed by atoms with E-state index in [4.69, 9.17) is 23.2 Å². The average molecular weight is 330 g/mol. The van der Waals surface area contributed by atoms with Crippen LogP contribution in [-0.2, 0) is 0 Å². The fraction of sp³-hybridized carbons (Fsp3) is 0. The minimum atomic E-state index is -0.0870. The lowest BCUT2D eigenvalue weighted by atomic mass is 10.0. The predicted molar refractivity (Wildman–Crippen MR) is 74.0 cm³/mol. The maximum absolute atomic E-state index is 12.2. The Bertz CT molecular complexity index is 581. The minimum Gasteiger partial charge on any atom is -0.289 e. The minimum absolute atomic E-state index is 0.0870. The number of hydrogen-bond donors (Lipinski definition) is 0. The average Bonchev–Trinajstić information content (AvgIpc) is 2.28. The van der Waals surface area contributed by atoms with Gasteiger partial charge in [0.15, 0.2) is 5.78 Å². The van der Waals surface area contributed by atoms with E-state index in [-0.39, 0.29) is 5.78 Å². The van der Waals surface area contributed by atoms with Gasteiger partial charge in [0.05, 0.1) is 0 Å². The van der Waals surface area contributed by atoms with Crippen LogP contribution in [0.25, 0.3) is 0 Å². The van der Waals surface area contributed by atoms with Crippen LogP contribution in [0.2, 0.25) is 10.0 Å². The van der Waals surface area contributed by atoms with Crippen LogP contribution in [0, 0.1) is 0 Å². The number of carbonyl (C=O) groups excluding carboxylic acids is 1.